The number of aromatic nitrogens is 2. The third-order valence-corrected chi connectivity index (χ3v) is 2.07. The number of nitrogens with one attached hydrogen (secondary N) is 1. The van der Waals surface area contributed by atoms with Gasteiger partial charge in [0.1, 0.15) is 0 Å². The second kappa shape index (κ2) is 6.76. The largest absolute Gasteiger partial charge is 0.395 e. The molecule has 2 N–H and O–H groups in total. The van der Waals surface area contributed by atoms with E-state index in [-0.39, 0.29) is 25.0 Å². The van der Waals surface area contributed by atoms with Crippen LogP contribution >= 0.6 is 12.4 Å². The summed E-state index contributed by atoms with van der Waals surface area (Å²) in [6, 6.07) is 0. The third kappa shape index (κ3) is 3.44. The molecule has 0 unspecified atom stereocenters. The smallest absolute Gasteiger partial charge is 0.216 e. The highest BCUT2D eigenvalue weighted by atomic mass is 35.5. The fourth-order valence-electron chi connectivity index (χ4n) is 1.29. The Hall–Kier alpha value is -0.650. The molecule has 0 aliphatic heterocycles. The van der Waals surface area contributed by atoms with E-state index in [0.717, 1.165) is 0 Å². The zero-order valence-corrected chi connectivity index (χ0v) is 9.77. The number of nitrogens with zero attached hydrogens (tertiary/aromatic N) is 2. The molecule has 0 aliphatic carbocycles. The van der Waals surface area contributed by atoms with Crippen LogP contribution in [0.25, 0.3) is 0 Å². The molecule has 15 heavy (non-hydrogen) atoms. The van der Waals surface area contributed by atoms with Crippen LogP contribution in [0.5, 0.6) is 0 Å². The van der Waals surface area contributed by atoms with E-state index >= 15 is 0 Å². The van der Waals surface area contributed by atoms with Crippen molar-refractivity contribution in [3.8, 4) is 0 Å². The number of hydrogen-bond donors (Lipinski definition) is 2. The first kappa shape index (κ1) is 14.3. The summed E-state index contributed by atoms with van der Waals surface area (Å²) in [4.78, 5) is 0. The molecule has 0 spiro atoms. The zero-order chi connectivity index (χ0) is 10.6. The molecule has 1 aromatic heterocycles. The van der Waals surface area contributed by atoms with Crippen molar-refractivity contribution in [3.63, 3.8) is 0 Å². The van der Waals surface area contributed by atoms with Gasteiger partial charge in [0, 0.05) is 25.2 Å². The van der Waals surface area contributed by atoms with Crippen LogP contribution in [0, 0.1) is 12.9 Å². The average Bonchev–Trinajstić information content (AvgIpc) is 2.45. The van der Waals surface area contributed by atoms with Crippen LogP contribution < -0.4 is 5.32 Å². The van der Waals surface area contributed by atoms with Gasteiger partial charge in [-0.3, -0.25) is 0 Å². The van der Waals surface area contributed by atoms with Crippen LogP contribution in [0.15, 0.2) is 0 Å². The van der Waals surface area contributed by atoms with Gasteiger partial charge < -0.3 is 10.4 Å². The summed E-state index contributed by atoms with van der Waals surface area (Å²) in [6.45, 7) is 5.11. The summed E-state index contributed by atoms with van der Waals surface area (Å²) in [5.41, 5.74) is 1.29. The Morgan fingerprint density at radius 3 is 2.67 bits per heavy atom. The minimum Gasteiger partial charge on any atom is -0.395 e. The van der Waals surface area contributed by atoms with Crippen LogP contribution in [0.4, 0.5) is 4.39 Å². The van der Waals surface area contributed by atoms with Crippen molar-refractivity contribution in [3.05, 3.63) is 17.2 Å². The minimum atomic E-state index is -0.282. The topological polar surface area (TPSA) is 50.1 Å². The van der Waals surface area contributed by atoms with Crippen molar-refractivity contribution >= 4 is 12.4 Å². The van der Waals surface area contributed by atoms with Gasteiger partial charge >= 0.3 is 0 Å². The molecule has 6 heteroatoms. The highest BCUT2D eigenvalue weighted by Gasteiger charge is 2.12. The lowest BCUT2D eigenvalue weighted by Crippen LogP contribution is -2.18. The lowest BCUT2D eigenvalue weighted by molar-refractivity contribution is 0.291. The number of hydrogen-bond acceptors (Lipinski definition) is 3. The number of rotatable bonds is 5. The summed E-state index contributed by atoms with van der Waals surface area (Å²) in [5.74, 6) is -0.282. The molecule has 0 radical (unpaired) electrons. The standard InChI is InChI=1S/C9H16FN3O.ClH/c1-3-13-9(10)8(7(2)12-13)6-11-4-5-14;/h11,14H,3-6H2,1-2H3;1H. The van der Waals surface area contributed by atoms with Gasteiger partial charge in [-0.2, -0.15) is 9.49 Å². The number of aliphatic hydroxyl groups is 1. The van der Waals surface area contributed by atoms with Crippen LogP contribution in [-0.4, -0.2) is 28.0 Å². The Morgan fingerprint density at radius 2 is 2.20 bits per heavy atom. The van der Waals surface area contributed by atoms with Crippen LogP contribution in [-0.2, 0) is 13.1 Å². The molecule has 4 nitrogen and oxygen atoms in total. The first-order valence-corrected chi connectivity index (χ1v) is 4.74. The van der Waals surface area contributed by atoms with Gasteiger partial charge in [0.15, 0.2) is 0 Å². The summed E-state index contributed by atoms with van der Waals surface area (Å²) in [7, 11) is 0. The minimum absolute atomic E-state index is 0. The SMILES string of the molecule is CCn1nc(C)c(CNCCO)c1F.Cl. The molecule has 0 fully saturated rings. The van der Waals surface area contributed by atoms with Crippen molar-refractivity contribution < 1.29 is 9.50 Å². The summed E-state index contributed by atoms with van der Waals surface area (Å²) in [5, 5.41) is 15.5. The van der Waals surface area contributed by atoms with Gasteiger partial charge in [-0.15, -0.1) is 12.4 Å². The van der Waals surface area contributed by atoms with Gasteiger partial charge in [0.05, 0.1) is 12.3 Å². The Morgan fingerprint density at radius 1 is 1.53 bits per heavy atom. The second-order valence-corrected chi connectivity index (χ2v) is 3.07. The lowest BCUT2D eigenvalue weighted by Gasteiger charge is -2.01. The molecular formula is C9H17ClFN3O. The first-order valence-electron chi connectivity index (χ1n) is 4.74. The summed E-state index contributed by atoms with van der Waals surface area (Å²) in [6.07, 6.45) is 0. The molecule has 1 heterocycles. The van der Waals surface area contributed by atoms with Crippen LogP contribution in [0.2, 0.25) is 0 Å². The van der Waals surface area contributed by atoms with Gasteiger partial charge in [0.25, 0.3) is 0 Å². The molecule has 0 aromatic carbocycles. The van der Waals surface area contributed by atoms with E-state index in [9.17, 15) is 4.39 Å². The Balaban J connectivity index is 0.00000196. The molecule has 1 aromatic rings. The quantitative estimate of drug-likeness (QED) is 0.747. The first-order chi connectivity index (χ1) is 6.70. The number of aliphatic hydroxyl groups excluding tert-OH is 1. The maximum atomic E-state index is 13.5. The molecule has 0 saturated heterocycles. The normalized spacial score (nSPS) is 10.1. The van der Waals surface area contributed by atoms with E-state index in [1.807, 2.05) is 6.92 Å². The fourth-order valence-corrected chi connectivity index (χ4v) is 1.29. The Bertz CT molecular complexity index is 304. The van der Waals surface area contributed by atoms with Gasteiger partial charge in [-0.1, -0.05) is 0 Å². The molecule has 0 amide bonds. The second-order valence-electron chi connectivity index (χ2n) is 3.07. The van der Waals surface area contributed by atoms with Gasteiger partial charge in [-0.05, 0) is 13.8 Å². The van der Waals surface area contributed by atoms with E-state index in [1.54, 1.807) is 6.92 Å². The van der Waals surface area contributed by atoms with Crippen molar-refractivity contribution in [2.45, 2.75) is 26.9 Å². The molecule has 1 rings (SSSR count). The molecule has 0 saturated carbocycles. The van der Waals surface area contributed by atoms with E-state index in [4.69, 9.17) is 5.11 Å². The number of aryl methyl sites for hydroxylation is 2. The summed E-state index contributed by atoms with van der Waals surface area (Å²) < 4.78 is 14.9. The number of halogens is 2. The van der Waals surface area contributed by atoms with E-state index in [0.29, 0.717) is 30.9 Å². The van der Waals surface area contributed by atoms with Crippen molar-refractivity contribution in [2.75, 3.05) is 13.2 Å². The lowest BCUT2D eigenvalue weighted by atomic mass is 10.2. The van der Waals surface area contributed by atoms with Crippen molar-refractivity contribution in [2.24, 2.45) is 0 Å². The van der Waals surface area contributed by atoms with E-state index in [1.165, 1.54) is 4.68 Å². The van der Waals surface area contributed by atoms with Crippen LogP contribution in [0.1, 0.15) is 18.2 Å². The zero-order valence-electron chi connectivity index (χ0n) is 8.96. The Kier molecular flexibility index (Phi) is 6.47. The highest BCUT2D eigenvalue weighted by molar-refractivity contribution is 5.85. The third-order valence-electron chi connectivity index (χ3n) is 2.07. The maximum Gasteiger partial charge on any atom is 0.216 e. The van der Waals surface area contributed by atoms with Gasteiger partial charge in [-0.25, -0.2) is 4.68 Å². The van der Waals surface area contributed by atoms with Gasteiger partial charge in [0.2, 0.25) is 5.95 Å². The average molecular weight is 238 g/mol. The van der Waals surface area contributed by atoms with Crippen LogP contribution in [0.3, 0.4) is 0 Å². The molecule has 0 atom stereocenters. The highest BCUT2D eigenvalue weighted by Crippen LogP contribution is 2.11. The molecular weight excluding hydrogens is 221 g/mol. The Labute approximate surface area is 94.9 Å². The maximum absolute atomic E-state index is 13.5. The monoisotopic (exact) mass is 237 g/mol. The van der Waals surface area contributed by atoms with E-state index in [2.05, 4.69) is 10.4 Å². The molecule has 0 bridgehead atoms. The molecule has 0 aliphatic rings. The predicted molar refractivity (Wildman–Crippen MR) is 58.6 cm³/mol. The fraction of sp³-hybridized carbons (Fsp3) is 0.667. The van der Waals surface area contributed by atoms with E-state index < -0.39 is 0 Å². The van der Waals surface area contributed by atoms with Crippen molar-refractivity contribution in [1.82, 2.24) is 15.1 Å². The summed E-state index contributed by atoms with van der Waals surface area (Å²) >= 11 is 0. The molecule has 88 valence electrons. The van der Waals surface area contributed by atoms with Crippen molar-refractivity contribution in [1.29, 1.82) is 0 Å². The predicted octanol–water partition coefficient (Wildman–Crippen LogP) is 0.854.